The molecule has 0 radical (unpaired) electrons. The Morgan fingerprint density at radius 1 is 1.31 bits per heavy atom. The second kappa shape index (κ2) is 5.36. The number of hydrogen-bond donors (Lipinski definition) is 1. The van der Waals surface area contributed by atoms with Crippen LogP contribution in [0.1, 0.15) is 28.2 Å². The average molecular weight is 254 g/mol. The van der Waals surface area contributed by atoms with Crippen LogP contribution in [0.5, 0.6) is 0 Å². The molecule has 0 fully saturated rings. The molecule has 0 bridgehead atoms. The van der Waals surface area contributed by atoms with Crippen molar-refractivity contribution in [1.82, 2.24) is 15.2 Å². The van der Waals surface area contributed by atoms with Gasteiger partial charge in [0.05, 0.1) is 11.6 Å². The number of nitrogens with zero attached hydrogens (tertiary/aromatic N) is 3. The predicted molar refractivity (Wildman–Crippen MR) is 68.1 cm³/mol. The summed E-state index contributed by atoms with van der Waals surface area (Å²) in [5.74, 6) is 0. The van der Waals surface area contributed by atoms with E-state index >= 15 is 0 Å². The molecule has 16 heavy (non-hydrogen) atoms. The topological polar surface area (TPSA) is 50.7 Å². The standard InChI is InChI=1S/C10H14N4S2/c1-3-4-9-13-14-10(16-9)12-6-8-5-11-7(2)15-8/h5H,3-4,6H2,1-2H3,(H,12,14). The molecule has 2 aromatic rings. The van der Waals surface area contributed by atoms with E-state index in [1.54, 1.807) is 22.7 Å². The van der Waals surface area contributed by atoms with E-state index in [0.717, 1.165) is 34.5 Å². The van der Waals surface area contributed by atoms with Crippen LogP contribution in [0.4, 0.5) is 5.13 Å². The molecule has 0 amide bonds. The Balaban J connectivity index is 1.89. The van der Waals surface area contributed by atoms with Crippen molar-refractivity contribution in [3.8, 4) is 0 Å². The van der Waals surface area contributed by atoms with Crippen LogP contribution in [0.2, 0.25) is 0 Å². The number of anilines is 1. The first-order valence-electron chi connectivity index (χ1n) is 5.25. The van der Waals surface area contributed by atoms with Gasteiger partial charge in [-0.25, -0.2) is 4.98 Å². The first kappa shape index (κ1) is 11.5. The van der Waals surface area contributed by atoms with Crippen LogP contribution in [0.25, 0.3) is 0 Å². The van der Waals surface area contributed by atoms with Gasteiger partial charge in [-0.3, -0.25) is 0 Å². The number of aryl methyl sites for hydroxylation is 2. The number of aromatic nitrogens is 3. The Bertz CT molecular complexity index is 449. The van der Waals surface area contributed by atoms with Crippen molar-refractivity contribution in [1.29, 1.82) is 0 Å². The molecule has 0 aliphatic rings. The van der Waals surface area contributed by atoms with Gasteiger partial charge in [0.2, 0.25) is 5.13 Å². The van der Waals surface area contributed by atoms with Crippen molar-refractivity contribution in [3.05, 3.63) is 21.1 Å². The van der Waals surface area contributed by atoms with Crippen LogP contribution in [-0.4, -0.2) is 15.2 Å². The summed E-state index contributed by atoms with van der Waals surface area (Å²) in [5.41, 5.74) is 0. The largest absolute Gasteiger partial charge is 0.355 e. The van der Waals surface area contributed by atoms with Crippen molar-refractivity contribution in [2.24, 2.45) is 0 Å². The fraction of sp³-hybridized carbons (Fsp3) is 0.500. The van der Waals surface area contributed by atoms with Crippen molar-refractivity contribution in [2.75, 3.05) is 5.32 Å². The lowest BCUT2D eigenvalue weighted by Crippen LogP contribution is -1.96. The molecule has 86 valence electrons. The molecular weight excluding hydrogens is 240 g/mol. The highest BCUT2D eigenvalue weighted by molar-refractivity contribution is 7.15. The van der Waals surface area contributed by atoms with E-state index in [-0.39, 0.29) is 0 Å². The van der Waals surface area contributed by atoms with Gasteiger partial charge in [-0.05, 0) is 13.3 Å². The Kier molecular flexibility index (Phi) is 3.84. The van der Waals surface area contributed by atoms with Crippen LogP contribution in [0.3, 0.4) is 0 Å². The minimum Gasteiger partial charge on any atom is -0.355 e. The molecule has 6 heteroatoms. The third-order valence-corrected chi connectivity index (χ3v) is 3.87. The summed E-state index contributed by atoms with van der Waals surface area (Å²) in [5, 5.41) is 14.6. The summed E-state index contributed by atoms with van der Waals surface area (Å²) in [4.78, 5) is 5.44. The fourth-order valence-corrected chi connectivity index (χ4v) is 2.86. The van der Waals surface area contributed by atoms with Gasteiger partial charge in [0, 0.05) is 17.5 Å². The van der Waals surface area contributed by atoms with E-state index in [4.69, 9.17) is 0 Å². The second-order valence-electron chi connectivity index (χ2n) is 3.45. The molecule has 2 aromatic heterocycles. The maximum Gasteiger partial charge on any atom is 0.205 e. The van der Waals surface area contributed by atoms with Gasteiger partial charge in [-0.15, -0.1) is 21.5 Å². The third kappa shape index (κ3) is 2.99. The maximum absolute atomic E-state index is 4.21. The lowest BCUT2D eigenvalue weighted by molar-refractivity contribution is 0.877. The van der Waals surface area contributed by atoms with Crippen LogP contribution in [0, 0.1) is 6.92 Å². The molecular formula is C10H14N4S2. The summed E-state index contributed by atoms with van der Waals surface area (Å²) in [6.07, 6.45) is 4.03. The van der Waals surface area contributed by atoms with Gasteiger partial charge >= 0.3 is 0 Å². The summed E-state index contributed by atoms with van der Waals surface area (Å²) < 4.78 is 0. The summed E-state index contributed by atoms with van der Waals surface area (Å²) in [7, 11) is 0. The molecule has 4 nitrogen and oxygen atoms in total. The second-order valence-corrected chi connectivity index (χ2v) is 5.83. The van der Waals surface area contributed by atoms with E-state index in [1.165, 1.54) is 4.88 Å². The van der Waals surface area contributed by atoms with Crippen LogP contribution < -0.4 is 5.32 Å². The van der Waals surface area contributed by atoms with E-state index in [0.29, 0.717) is 0 Å². The summed E-state index contributed by atoms with van der Waals surface area (Å²) in [6, 6.07) is 0. The molecule has 0 aliphatic heterocycles. The van der Waals surface area contributed by atoms with Crippen LogP contribution in [-0.2, 0) is 13.0 Å². The number of hydrogen-bond acceptors (Lipinski definition) is 6. The summed E-state index contributed by atoms with van der Waals surface area (Å²) in [6.45, 7) is 4.94. The van der Waals surface area contributed by atoms with Gasteiger partial charge in [-0.1, -0.05) is 18.3 Å². The van der Waals surface area contributed by atoms with Gasteiger partial charge < -0.3 is 5.32 Å². The normalized spacial score (nSPS) is 10.6. The zero-order valence-electron chi connectivity index (χ0n) is 9.36. The Hall–Kier alpha value is -1.01. The molecule has 0 unspecified atom stereocenters. The van der Waals surface area contributed by atoms with Gasteiger partial charge in [0.1, 0.15) is 5.01 Å². The maximum atomic E-state index is 4.21. The number of thiazole rings is 1. The lowest BCUT2D eigenvalue weighted by atomic mass is 10.4. The Morgan fingerprint density at radius 2 is 2.19 bits per heavy atom. The average Bonchev–Trinajstić information content (AvgIpc) is 2.85. The highest BCUT2D eigenvalue weighted by Gasteiger charge is 2.03. The molecule has 0 saturated carbocycles. The van der Waals surface area contributed by atoms with E-state index < -0.39 is 0 Å². The Morgan fingerprint density at radius 3 is 2.88 bits per heavy atom. The molecule has 2 rings (SSSR count). The fourth-order valence-electron chi connectivity index (χ4n) is 1.29. The molecule has 0 saturated heterocycles. The van der Waals surface area contributed by atoms with E-state index in [9.17, 15) is 0 Å². The highest BCUT2D eigenvalue weighted by Crippen LogP contribution is 2.18. The van der Waals surface area contributed by atoms with E-state index in [2.05, 4.69) is 27.4 Å². The van der Waals surface area contributed by atoms with Crippen molar-refractivity contribution >= 4 is 27.8 Å². The van der Waals surface area contributed by atoms with Crippen LogP contribution >= 0.6 is 22.7 Å². The Labute approximate surface area is 103 Å². The smallest absolute Gasteiger partial charge is 0.205 e. The molecule has 2 heterocycles. The quantitative estimate of drug-likeness (QED) is 0.891. The van der Waals surface area contributed by atoms with Gasteiger partial charge in [0.25, 0.3) is 0 Å². The molecule has 0 aromatic carbocycles. The highest BCUT2D eigenvalue weighted by atomic mass is 32.1. The third-order valence-electron chi connectivity index (χ3n) is 2.01. The summed E-state index contributed by atoms with van der Waals surface area (Å²) >= 11 is 3.34. The molecule has 0 spiro atoms. The zero-order valence-corrected chi connectivity index (χ0v) is 11.0. The predicted octanol–water partition coefficient (Wildman–Crippen LogP) is 2.87. The zero-order chi connectivity index (χ0) is 11.4. The van der Waals surface area contributed by atoms with Gasteiger partial charge in [0.15, 0.2) is 0 Å². The SMILES string of the molecule is CCCc1nnc(NCc2cnc(C)s2)s1. The van der Waals surface area contributed by atoms with E-state index in [1.807, 2.05) is 13.1 Å². The first-order valence-corrected chi connectivity index (χ1v) is 6.88. The first-order chi connectivity index (χ1) is 7.78. The van der Waals surface area contributed by atoms with Gasteiger partial charge in [-0.2, -0.15) is 0 Å². The number of rotatable bonds is 5. The van der Waals surface area contributed by atoms with Crippen LogP contribution in [0.15, 0.2) is 6.20 Å². The van der Waals surface area contributed by atoms with Crippen molar-refractivity contribution < 1.29 is 0 Å². The number of nitrogens with one attached hydrogen (secondary N) is 1. The lowest BCUT2D eigenvalue weighted by Gasteiger charge is -1.96. The molecule has 1 N–H and O–H groups in total. The minimum absolute atomic E-state index is 0.784. The van der Waals surface area contributed by atoms with Crippen molar-refractivity contribution in [2.45, 2.75) is 33.2 Å². The monoisotopic (exact) mass is 254 g/mol. The minimum atomic E-state index is 0.784. The van der Waals surface area contributed by atoms with Crippen molar-refractivity contribution in [3.63, 3.8) is 0 Å². The molecule has 0 aliphatic carbocycles. The molecule has 0 atom stereocenters.